The molecule has 16 heavy (non-hydrogen) atoms. The van der Waals surface area contributed by atoms with Gasteiger partial charge in [-0.25, -0.2) is 0 Å². The fraction of sp³-hybridized carbons (Fsp3) is 0.538. The van der Waals surface area contributed by atoms with Crippen molar-refractivity contribution in [2.24, 2.45) is 0 Å². The Morgan fingerprint density at radius 2 is 2.25 bits per heavy atom. The first kappa shape index (κ1) is 11.1. The number of Topliss-reactive ketones (excluding diaryl/α,β-unsaturated/α-hetero) is 1. The Morgan fingerprint density at radius 3 is 2.81 bits per heavy atom. The van der Waals surface area contributed by atoms with Gasteiger partial charge >= 0.3 is 0 Å². The van der Waals surface area contributed by atoms with Crippen molar-refractivity contribution >= 4 is 5.78 Å². The summed E-state index contributed by atoms with van der Waals surface area (Å²) in [6.45, 7) is 4.24. The molecule has 1 heterocycles. The van der Waals surface area contributed by atoms with Gasteiger partial charge in [-0.15, -0.1) is 0 Å². The fourth-order valence-electron chi connectivity index (χ4n) is 1.91. The van der Waals surface area contributed by atoms with Crippen LogP contribution in [0.15, 0.2) is 23.9 Å². The maximum atomic E-state index is 11.1. The first-order valence-electron chi connectivity index (χ1n) is 5.89. The first-order chi connectivity index (χ1) is 7.65. The standard InChI is InChI=1S/C13H18N2O/c1-10(2)15-8-7-12(14-15)9-11-3-5-13(16)6-4-11/h3,7-8,10H,4-6,9H2,1-2H3. The number of carbonyl (C=O) groups excluding carboxylic acids is 1. The van der Waals surface area contributed by atoms with Crippen molar-refractivity contribution in [2.45, 2.75) is 45.6 Å². The average molecular weight is 218 g/mol. The van der Waals surface area contributed by atoms with Gasteiger partial charge in [-0.05, 0) is 26.3 Å². The maximum Gasteiger partial charge on any atom is 0.136 e. The largest absolute Gasteiger partial charge is 0.299 e. The molecule has 2 rings (SSSR count). The molecule has 1 aromatic rings. The molecule has 1 aliphatic carbocycles. The third kappa shape index (κ3) is 2.60. The van der Waals surface area contributed by atoms with E-state index in [1.807, 2.05) is 10.9 Å². The van der Waals surface area contributed by atoms with E-state index < -0.39 is 0 Å². The SMILES string of the molecule is CC(C)n1ccc(CC2=CCC(=O)CC2)n1. The van der Waals surface area contributed by atoms with Gasteiger partial charge in [0.25, 0.3) is 0 Å². The zero-order chi connectivity index (χ0) is 11.5. The van der Waals surface area contributed by atoms with E-state index in [4.69, 9.17) is 0 Å². The summed E-state index contributed by atoms with van der Waals surface area (Å²) >= 11 is 0. The Labute approximate surface area is 96.2 Å². The third-order valence-corrected chi connectivity index (χ3v) is 2.94. The Balaban J connectivity index is 2.01. The molecule has 0 unspecified atom stereocenters. The van der Waals surface area contributed by atoms with E-state index in [1.54, 1.807) is 0 Å². The lowest BCUT2D eigenvalue weighted by molar-refractivity contribution is -0.118. The number of rotatable bonds is 3. The van der Waals surface area contributed by atoms with Crippen LogP contribution in [0.25, 0.3) is 0 Å². The maximum absolute atomic E-state index is 11.1. The molecule has 1 aliphatic rings. The minimum absolute atomic E-state index is 0.358. The Morgan fingerprint density at radius 1 is 1.44 bits per heavy atom. The van der Waals surface area contributed by atoms with Crippen molar-refractivity contribution in [3.05, 3.63) is 29.6 Å². The van der Waals surface area contributed by atoms with E-state index in [0.717, 1.165) is 18.5 Å². The fourth-order valence-corrected chi connectivity index (χ4v) is 1.91. The highest BCUT2D eigenvalue weighted by atomic mass is 16.1. The second-order valence-electron chi connectivity index (χ2n) is 4.66. The predicted octanol–water partition coefficient (Wildman–Crippen LogP) is 2.69. The van der Waals surface area contributed by atoms with E-state index >= 15 is 0 Å². The summed E-state index contributed by atoms with van der Waals surface area (Å²) in [6.07, 6.45) is 7.21. The second kappa shape index (κ2) is 4.64. The van der Waals surface area contributed by atoms with E-state index in [2.05, 4.69) is 31.1 Å². The van der Waals surface area contributed by atoms with Gasteiger partial charge in [0.15, 0.2) is 0 Å². The van der Waals surface area contributed by atoms with Crippen LogP contribution in [0, 0.1) is 0 Å². The summed E-state index contributed by atoms with van der Waals surface area (Å²) in [6, 6.07) is 2.48. The lowest BCUT2D eigenvalue weighted by Gasteiger charge is -2.10. The van der Waals surface area contributed by atoms with Gasteiger partial charge in [-0.2, -0.15) is 5.10 Å². The Hall–Kier alpha value is -1.38. The van der Waals surface area contributed by atoms with Crippen LogP contribution in [0.5, 0.6) is 0 Å². The summed E-state index contributed by atoms with van der Waals surface area (Å²) in [7, 11) is 0. The molecule has 0 N–H and O–H groups in total. The number of hydrogen-bond donors (Lipinski definition) is 0. The third-order valence-electron chi connectivity index (χ3n) is 2.94. The van der Waals surface area contributed by atoms with Crippen molar-refractivity contribution in [3.63, 3.8) is 0 Å². The van der Waals surface area contributed by atoms with Crippen LogP contribution in [-0.2, 0) is 11.2 Å². The molecule has 3 heteroatoms. The highest BCUT2D eigenvalue weighted by molar-refractivity contribution is 5.81. The minimum atomic E-state index is 0.358. The predicted molar refractivity (Wildman–Crippen MR) is 63.3 cm³/mol. The molecule has 0 aliphatic heterocycles. The van der Waals surface area contributed by atoms with Crippen molar-refractivity contribution in [3.8, 4) is 0 Å². The first-order valence-corrected chi connectivity index (χ1v) is 5.89. The quantitative estimate of drug-likeness (QED) is 0.731. The number of nitrogens with zero attached hydrogens (tertiary/aromatic N) is 2. The van der Waals surface area contributed by atoms with E-state index in [1.165, 1.54) is 5.57 Å². The molecule has 0 fully saturated rings. The molecule has 0 aromatic carbocycles. The lowest BCUT2D eigenvalue weighted by atomic mass is 9.95. The Bertz CT molecular complexity index is 415. The van der Waals surface area contributed by atoms with Gasteiger partial charge < -0.3 is 0 Å². The average Bonchev–Trinajstić information content (AvgIpc) is 2.70. The molecule has 0 amide bonds. The normalized spacial score (nSPS) is 16.7. The molecule has 0 spiro atoms. The van der Waals surface area contributed by atoms with Crippen LogP contribution in [0.3, 0.4) is 0 Å². The van der Waals surface area contributed by atoms with E-state index in [0.29, 0.717) is 24.7 Å². The van der Waals surface area contributed by atoms with Crippen LogP contribution < -0.4 is 0 Å². The molecular weight excluding hydrogens is 200 g/mol. The van der Waals surface area contributed by atoms with Gasteiger partial charge in [0.05, 0.1) is 5.69 Å². The number of carbonyl (C=O) groups is 1. The van der Waals surface area contributed by atoms with Crippen LogP contribution in [0.4, 0.5) is 0 Å². The van der Waals surface area contributed by atoms with Crippen molar-refractivity contribution in [1.82, 2.24) is 9.78 Å². The summed E-state index contributed by atoms with van der Waals surface area (Å²) in [5.74, 6) is 0.358. The van der Waals surface area contributed by atoms with Crippen LogP contribution >= 0.6 is 0 Å². The minimum Gasteiger partial charge on any atom is -0.299 e. The summed E-state index contributed by atoms with van der Waals surface area (Å²) in [5.41, 5.74) is 2.46. The van der Waals surface area contributed by atoms with Crippen LogP contribution in [0.2, 0.25) is 0 Å². The molecule has 3 nitrogen and oxygen atoms in total. The van der Waals surface area contributed by atoms with E-state index in [9.17, 15) is 4.79 Å². The lowest BCUT2D eigenvalue weighted by Crippen LogP contribution is -2.06. The molecule has 0 atom stereocenters. The van der Waals surface area contributed by atoms with Crippen LogP contribution in [-0.4, -0.2) is 15.6 Å². The summed E-state index contributed by atoms with van der Waals surface area (Å²) < 4.78 is 1.98. The summed E-state index contributed by atoms with van der Waals surface area (Å²) in [4.78, 5) is 11.1. The smallest absolute Gasteiger partial charge is 0.136 e. The number of aromatic nitrogens is 2. The molecule has 0 saturated heterocycles. The zero-order valence-corrected chi connectivity index (χ0v) is 9.94. The molecular formula is C13H18N2O. The number of hydrogen-bond acceptors (Lipinski definition) is 2. The van der Waals surface area contributed by atoms with Gasteiger partial charge in [0.1, 0.15) is 5.78 Å². The molecule has 0 bridgehead atoms. The van der Waals surface area contributed by atoms with Crippen molar-refractivity contribution in [2.75, 3.05) is 0 Å². The van der Waals surface area contributed by atoms with Gasteiger partial charge in [-0.1, -0.05) is 11.6 Å². The van der Waals surface area contributed by atoms with Gasteiger partial charge in [0, 0.05) is 31.5 Å². The van der Waals surface area contributed by atoms with Crippen molar-refractivity contribution < 1.29 is 4.79 Å². The molecule has 86 valence electrons. The van der Waals surface area contributed by atoms with Crippen molar-refractivity contribution in [1.29, 1.82) is 0 Å². The Kier molecular flexibility index (Phi) is 3.22. The van der Waals surface area contributed by atoms with Crippen LogP contribution in [0.1, 0.15) is 44.8 Å². The molecule has 0 saturated carbocycles. The highest BCUT2D eigenvalue weighted by Gasteiger charge is 2.11. The molecule has 0 radical (unpaired) electrons. The highest BCUT2D eigenvalue weighted by Crippen LogP contribution is 2.19. The summed E-state index contributed by atoms with van der Waals surface area (Å²) in [5, 5.41) is 4.51. The van der Waals surface area contributed by atoms with Gasteiger partial charge in [0.2, 0.25) is 0 Å². The molecule has 1 aromatic heterocycles. The number of ketones is 1. The topological polar surface area (TPSA) is 34.9 Å². The zero-order valence-electron chi connectivity index (χ0n) is 9.94. The second-order valence-corrected chi connectivity index (χ2v) is 4.66. The number of allylic oxidation sites excluding steroid dienone is 2. The van der Waals surface area contributed by atoms with Gasteiger partial charge in [-0.3, -0.25) is 9.48 Å². The monoisotopic (exact) mass is 218 g/mol. The van der Waals surface area contributed by atoms with E-state index in [-0.39, 0.29) is 0 Å².